The number of ether oxygens (including phenoxy) is 2. The molecule has 28 heavy (non-hydrogen) atoms. The van der Waals surface area contributed by atoms with E-state index >= 15 is 0 Å². The molecule has 2 aromatic heterocycles. The Labute approximate surface area is 164 Å². The SMILES string of the molecule is COc1cccc(-c2ccc(CNCCc3c[nH]c4ccc(OC)cc34)o2)c1. The molecule has 0 saturated carbocycles. The van der Waals surface area contributed by atoms with Crippen molar-refractivity contribution in [1.82, 2.24) is 10.3 Å². The number of fused-ring (bicyclic) bond motifs is 1. The smallest absolute Gasteiger partial charge is 0.134 e. The summed E-state index contributed by atoms with van der Waals surface area (Å²) in [4.78, 5) is 3.32. The Morgan fingerprint density at radius 2 is 1.82 bits per heavy atom. The van der Waals surface area contributed by atoms with Crippen LogP contribution in [0.4, 0.5) is 0 Å². The van der Waals surface area contributed by atoms with Gasteiger partial charge in [0.1, 0.15) is 23.0 Å². The van der Waals surface area contributed by atoms with E-state index in [9.17, 15) is 0 Å². The third-order valence-corrected chi connectivity index (χ3v) is 4.86. The van der Waals surface area contributed by atoms with Crippen molar-refractivity contribution in [2.24, 2.45) is 0 Å². The van der Waals surface area contributed by atoms with Crippen LogP contribution in [-0.4, -0.2) is 25.7 Å². The maximum atomic E-state index is 5.97. The monoisotopic (exact) mass is 376 g/mol. The number of H-pyrrole nitrogens is 1. The molecule has 0 aliphatic carbocycles. The lowest BCUT2D eigenvalue weighted by Gasteiger charge is -2.04. The van der Waals surface area contributed by atoms with E-state index in [2.05, 4.69) is 22.6 Å². The van der Waals surface area contributed by atoms with Crippen LogP contribution in [0.2, 0.25) is 0 Å². The van der Waals surface area contributed by atoms with Crippen LogP contribution in [0.5, 0.6) is 11.5 Å². The highest BCUT2D eigenvalue weighted by Crippen LogP contribution is 2.26. The normalized spacial score (nSPS) is 11.1. The topological polar surface area (TPSA) is 59.4 Å². The summed E-state index contributed by atoms with van der Waals surface area (Å²) in [5.41, 5.74) is 3.42. The number of aromatic nitrogens is 1. The molecule has 0 atom stereocenters. The van der Waals surface area contributed by atoms with Gasteiger partial charge < -0.3 is 24.2 Å². The number of hydrogen-bond acceptors (Lipinski definition) is 4. The van der Waals surface area contributed by atoms with Gasteiger partial charge in [-0.2, -0.15) is 0 Å². The van der Waals surface area contributed by atoms with Crippen molar-refractivity contribution in [2.45, 2.75) is 13.0 Å². The first-order chi connectivity index (χ1) is 13.8. The molecule has 0 saturated heterocycles. The standard InChI is InChI=1S/C23H24N2O3/c1-26-18-5-3-4-16(12-18)23-9-7-20(28-23)15-24-11-10-17-14-25-22-8-6-19(27-2)13-21(17)22/h3-9,12-14,24-25H,10-11,15H2,1-2H3. The molecular weight excluding hydrogens is 352 g/mol. The molecule has 0 aliphatic rings. The van der Waals surface area contributed by atoms with Crippen LogP contribution in [0, 0.1) is 0 Å². The molecule has 0 spiro atoms. The zero-order valence-corrected chi connectivity index (χ0v) is 16.1. The number of hydrogen-bond donors (Lipinski definition) is 2. The van der Waals surface area contributed by atoms with Crippen LogP contribution in [0.15, 0.2) is 65.2 Å². The van der Waals surface area contributed by atoms with Crippen LogP contribution in [0.25, 0.3) is 22.2 Å². The summed E-state index contributed by atoms with van der Waals surface area (Å²) in [5, 5.41) is 4.66. The summed E-state index contributed by atoms with van der Waals surface area (Å²) in [6.07, 6.45) is 3.00. The molecule has 0 fully saturated rings. The second-order valence-corrected chi connectivity index (χ2v) is 6.65. The van der Waals surface area contributed by atoms with E-state index in [0.29, 0.717) is 6.54 Å². The molecule has 0 bridgehead atoms. The number of aromatic amines is 1. The molecule has 4 rings (SSSR count). The Balaban J connectivity index is 1.34. The van der Waals surface area contributed by atoms with E-state index < -0.39 is 0 Å². The maximum Gasteiger partial charge on any atom is 0.134 e. The quantitative estimate of drug-likeness (QED) is 0.435. The third-order valence-electron chi connectivity index (χ3n) is 4.86. The fraction of sp³-hybridized carbons (Fsp3) is 0.217. The summed E-state index contributed by atoms with van der Waals surface area (Å²) < 4.78 is 16.6. The number of benzene rings is 2. The molecular formula is C23H24N2O3. The molecule has 5 nitrogen and oxygen atoms in total. The van der Waals surface area contributed by atoms with Crippen molar-refractivity contribution < 1.29 is 13.9 Å². The minimum absolute atomic E-state index is 0.690. The molecule has 4 aromatic rings. The van der Waals surface area contributed by atoms with E-state index in [1.807, 2.05) is 48.5 Å². The summed E-state index contributed by atoms with van der Waals surface area (Å²) >= 11 is 0. The minimum atomic E-state index is 0.690. The Morgan fingerprint density at radius 1 is 0.964 bits per heavy atom. The van der Waals surface area contributed by atoms with E-state index in [0.717, 1.165) is 47.1 Å². The van der Waals surface area contributed by atoms with E-state index in [-0.39, 0.29) is 0 Å². The Morgan fingerprint density at radius 3 is 2.68 bits per heavy atom. The van der Waals surface area contributed by atoms with Gasteiger partial charge in [0.2, 0.25) is 0 Å². The lowest BCUT2D eigenvalue weighted by atomic mass is 10.1. The Hall–Kier alpha value is -3.18. The van der Waals surface area contributed by atoms with Crippen LogP contribution in [0.1, 0.15) is 11.3 Å². The van der Waals surface area contributed by atoms with Crippen molar-refractivity contribution in [2.75, 3.05) is 20.8 Å². The summed E-state index contributed by atoms with van der Waals surface area (Å²) in [7, 11) is 3.36. The van der Waals surface area contributed by atoms with Gasteiger partial charge in [-0.25, -0.2) is 0 Å². The molecule has 5 heteroatoms. The number of furan rings is 1. The van der Waals surface area contributed by atoms with Gasteiger partial charge >= 0.3 is 0 Å². The molecule has 0 aliphatic heterocycles. The first-order valence-electron chi connectivity index (χ1n) is 9.34. The molecule has 2 heterocycles. The predicted molar refractivity (Wildman–Crippen MR) is 111 cm³/mol. The number of methoxy groups -OCH3 is 2. The molecule has 0 unspecified atom stereocenters. The lowest BCUT2D eigenvalue weighted by molar-refractivity contribution is 0.414. The van der Waals surface area contributed by atoms with Gasteiger partial charge in [0, 0.05) is 22.7 Å². The molecule has 2 N–H and O–H groups in total. The van der Waals surface area contributed by atoms with Gasteiger partial charge in [-0.15, -0.1) is 0 Å². The zero-order chi connectivity index (χ0) is 19.3. The van der Waals surface area contributed by atoms with Crippen LogP contribution < -0.4 is 14.8 Å². The van der Waals surface area contributed by atoms with E-state index in [1.54, 1.807) is 14.2 Å². The first-order valence-corrected chi connectivity index (χ1v) is 9.34. The van der Waals surface area contributed by atoms with Gasteiger partial charge in [0.25, 0.3) is 0 Å². The average molecular weight is 376 g/mol. The fourth-order valence-electron chi connectivity index (χ4n) is 3.33. The highest BCUT2D eigenvalue weighted by atomic mass is 16.5. The molecule has 2 aromatic carbocycles. The summed E-state index contributed by atoms with van der Waals surface area (Å²) in [6.45, 7) is 1.55. The Kier molecular flexibility index (Phi) is 5.35. The van der Waals surface area contributed by atoms with Gasteiger partial charge in [-0.1, -0.05) is 12.1 Å². The molecule has 0 amide bonds. The Bertz CT molecular complexity index is 1060. The van der Waals surface area contributed by atoms with Crippen LogP contribution >= 0.6 is 0 Å². The number of rotatable bonds is 8. The minimum Gasteiger partial charge on any atom is -0.497 e. The lowest BCUT2D eigenvalue weighted by Crippen LogP contribution is -2.16. The highest BCUT2D eigenvalue weighted by molar-refractivity contribution is 5.84. The fourth-order valence-corrected chi connectivity index (χ4v) is 3.33. The van der Waals surface area contributed by atoms with Crippen molar-refractivity contribution in [1.29, 1.82) is 0 Å². The van der Waals surface area contributed by atoms with Gasteiger partial charge in [0.05, 0.1) is 20.8 Å². The number of nitrogens with one attached hydrogen (secondary N) is 2. The zero-order valence-electron chi connectivity index (χ0n) is 16.1. The maximum absolute atomic E-state index is 5.97. The van der Waals surface area contributed by atoms with Crippen molar-refractivity contribution in [3.8, 4) is 22.8 Å². The second kappa shape index (κ2) is 8.23. The van der Waals surface area contributed by atoms with E-state index in [1.165, 1.54) is 10.9 Å². The second-order valence-electron chi connectivity index (χ2n) is 6.65. The van der Waals surface area contributed by atoms with Crippen molar-refractivity contribution in [3.05, 3.63) is 72.1 Å². The van der Waals surface area contributed by atoms with Crippen molar-refractivity contribution >= 4 is 10.9 Å². The van der Waals surface area contributed by atoms with Crippen LogP contribution in [-0.2, 0) is 13.0 Å². The van der Waals surface area contributed by atoms with Gasteiger partial charge in [-0.3, -0.25) is 0 Å². The predicted octanol–water partition coefficient (Wildman–Crippen LogP) is 4.78. The van der Waals surface area contributed by atoms with Gasteiger partial charge in [-0.05, 0) is 61.0 Å². The van der Waals surface area contributed by atoms with E-state index in [4.69, 9.17) is 13.9 Å². The van der Waals surface area contributed by atoms with Crippen LogP contribution in [0.3, 0.4) is 0 Å². The molecule has 144 valence electrons. The highest BCUT2D eigenvalue weighted by Gasteiger charge is 2.07. The average Bonchev–Trinajstić information content (AvgIpc) is 3.38. The molecule has 0 radical (unpaired) electrons. The van der Waals surface area contributed by atoms with Crippen molar-refractivity contribution in [3.63, 3.8) is 0 Å². The summed E-state index contributed by atoms with van der Waals surface area (Å²) in [5.74, 6) is 3.46. The van der Waals surface area contributed by atoms with Gasteiger partial charge in [0.15, 0.2) is 0 Å². The third kappa shape index (κ3) is 3.89. The largest absolute Gasteiger partial charge is 0.497 e. The summed E-state index contributed by atoms with van der Waals surface area (Å²) in [6, 6.07) is 18.0. The first kappa shape index (κ1) is 18.2.